The number of hydrogen-bond acceptors (Lipinski definition) is 5. The van der Waals surface area contributed by atoms with Crippen molar-refractivity contribution < 1.29 is 13.2 Å². The lowest BCUT2D eigenvalue weighted by Crippen LogP contribution is -2.36. The van der Waals surface area contributed by atoms with E-state index in [0.717, 1.165) is 66.4 Å². The van der Waals surface area contributed by atoms with Gasteiger partial charge in [-0.25, -0.2) is 8.42 Å². The van der Waals surface area contributed by atoms with Crippen LogP contribution in [0.1, 0.15) is 70.6 Å². The first-order valence-corrected chi connectivity index (χ1v) is 18.3. The summed E-state index contributed by atoms with van der Waals surface area (Å²) in [7, 11) is -1.47. The van der Waals surface area contributed by atoms with Crippen LogP contribution in [0.3, 0.4) is 0 Å². The Balaban J connectivity index is 1.35. The van der Waals surface area contributed by atoms with E-state index in [1.807, 2.05) is 68.6 Å². The van der Waals surface area contributed by atoms with E-state index in [4.69, 9.17) is 23.2 Å². The molecule has 1 aliphatic heterocycles. The van der Waals surface area contributed by atoms with E-state index < -0.39 is 9.84 Å². The van der Waals surface area contributed by atoms with Gasteiger partial charge in [0.05, 0.1) is 32.1 Å². The van der Waals surface area contributed by atoms with Gasteiger partial charge in [0.1, 0.15) is 0 Å². The summed E-state index contributed by atoms with van der Waals surface area (Å²) in [5, 5.41) is 12.6. The summed E-state index contributed by atoms with van der Waals surface area (Å²) in [6, 6.07) is 24.9. The fraction of sp³-hybridized carbons (Fsp3) is 0.351. The number of rotatable bonds is 10. The average molecular weight is 677 g/mol. The number of amides is 1. The first-order chi connectivity index (χ1) is 22.0. The number of fused-ring (bicyclic) bond motifs is 1. The summed E-state index contributed by atoms with van der Waals surface area (Å²) in [5.41, 5.74) is 3.81. The van der Waals surface area contributed by atoms with Crippen molar-refractivity contribution in [2.75, 3.05) is 39.5 Å². The predicted molar refractivity (Wildman–Crippen MR) is 187 cm³/mol. The Kier molecular flexibility index (Phi) is 10.7. The molecule has 0 radical (unpaired) electrons. The highest BCUT2D eigenvalue weighted by Gasteiger charge is 2.28. The molecule has 0 aliphatic carbocycles. The van der Waals surface area contributed by atoms with Gasteiger partial charge in [0, 0.05) is 25.8 Å². The molecule has 0 N–H and O–H groups in total. The quantitative estimate of drug-likeness (QED) is 0.170. The highest BCUT2D eigenvalue weighted by atomic mass is 35.5. The third-order valence-corrected chi connectivity index (χ3v) is 11.2. The van der Waals surface area contributed by atoms with Crippen molar-refractivity contribution in [3.8, 4) is 6.07 Å². The van der Waals surface area contributed by atoms with E-state index in [1.165, 1.54) is 6.26 Å². The van der Waals surface area contributed by atoms with E-state index >= 15 is 0 Å². The molecule has 1 atom stereocenters. The number of likely N-dealkylation sites (N-methyl/N-ethyl adjacent to an activating group) is 1. The standard InChI is InChI=1S/C37H39Cl2N3O3S/c1-4-30-29(23-40)21-27-9-5-6-11-32(27)36(30)37(43)41(2)24-28(26-13-14-33(38)34(39)22-26)17-20-42-18-15-25(16-19-42)31-10-7-8-12-35(31)46(3,44)45/h5-14,21-22,25,28H,4,15-20,24H2,1-3H3. The first kappa shape index (κ1) is 33.9. The third-order valence-electron chi connectivity index (χ3n) is 9.24. The van der Waals surface area contributed by atoms with Crippen LogP contribution in [0.2, 0.25) is 10.0 Å². The maximum absolute atomic E-state index is 14.2. The van der Waals surface area contributed by atoms with E-state index in [2.05, 4.69) is 11.0 Å². The van der Waals surface area contributed by atoms with E-state index in [9.17, 15) is 18.5 Å². The fourth-order valence-corrected chi connectivity index (χ4v) is 8.09. The molecule has 5 rings (SSSR count). The minimum Gasteiger partial charge on any atom is -0.341 e. The molecule has 9 heteroatoms. The normalized spacial score (nSPS) is 15.0. The van der Waals surface area contributed by atoms with E-state index in [1.54, 1.807) is 23.1 Å². The van der Waals surface area contributed by atoms with Crippen LogP contribution in [-0.4, -0.2) is 63.6 Å². The van der Waals surface area contributed by atoms with Gasteiger partial charge in [-0.2, -0.15) is 5.26 Å². The van der Waals surface area contributed by atoms with Crippen LogP contribution in [0.4, 0.5) is 0 Å². The Morgan fingerprint density at radius 1 is 1.02 bits per heavy atom. The van der Waals surface area contributed by atoms with Gasteiger partial charge in [-0.1, -0.05) is 78.7 Å². The Hall–Kier alpha value is -3.41. The molecular formula is C37H39Cl2N3O3S. The van der Waals surface area contributed by atoms with Crippen LogP contribution in [0.5, 0.6) is 0 Å². The summed E-state index contributed by atoms with van der Waals surface area (Å²) in [5.74, 6) is 0.0759. The number of piperidine rings is 1. The molecule has 1 saturated heterocycles. The molecule has 0 spiro atoms. The number of carbonyl (C=O) groups excluding carboxylic acids is 1. The molecule has 6 nitrogen and oxygen atoms in total. The minimum atomic E-state index is -3.30. The SMILES string of the molecule is CCc1c(C#N)cc2ccccc2c1C(=O)N(C)CC(CCN1CCC(c2ccccc2S(C)(=O)=O)CC1)c1ccc(Cl)c(Cl)c1. The first-order valence-electron chi connectivity index (χ1n) is 15.7. The van der Waals surface area contributed by atoms with Crippen molar-refractivity contribution in [1.82, 2.24) is 9.80 Å². The summed E-state index contributed by atoms with van der Waals surface area (Å²) in [6.45, 7) is 4.98. The molecule has 46 heavy (non-hydrogen) atoms. The van der Waals surface area contributed by atoms with Gasteiger partial charge in [-0.3, -0.25) is 4.79 Å². The van der Waals surface area contributed by atoms with Crippen molar-refractivity contribution in [3.63, 3.8) is 0 Å². The number of halogens is 2. The summed E-state index contributed by atoms with van der Waals surface area (Å²) in [4.78, 5) is 18.8. The number of benzene rings is 4. The van der Waals surface area contributed by atoms with Gasteiger partial charge in [0.25, 0.3) is 5.91 Å². The van der Waals surface area contributed by atoms with Crippen molar-refractivity contribution in [2.24, 2.45) is 0 Å². The van der Waals surface area contributed by atoms with E-state index in [-0.39, 0.29) is 17.7 Å². The molecule has 1 unspecified atom stereocenters. The van der Waals surface area contributed by atoms with E-state index in [0.29, 0.717) is 39.0 Å². The Bertz CT molecular complexity index is 1900. The van der Waals surface area contributed by atoms with Gasteiger partial charge in [0.2, 0.25) is 0 Å². The Morgan fingerprint density at radius 2 is 1.72 bits per heavy atom. The zero-order valence-corrected chi connectivity index (χ0v) is 28.8. The van der Waals surface area contributed by atoms with Gasteiger partial charge in [-0.15, -0.1) is 0 Å². The molecule has 0 bridgehead atoms. The van der Waals surface area contributed by atoms with Crippen molar-refractivity contribution in [2.45, 2.75) is 49.3 Å². The zero-order valence-electron chi connectivity index (χ0n) is 26.5. The lowest BCUT2D eigenvalue weighted by Gasteiger charge is -2.34. The molecule has 4 aromatic carbocycles. The minimum absolute atomic E-state index is 0.0112. The smallest absolute Gasteiger partial charge is 0.254 e. The number of likely N-dealkylation sites (tertiary alicyclic amines) is 1. The maximum Gasteiger partial charge on any atom is 0.254 e. The monoisotopic (exact) mass is 675 g/mol. The average Bonchev–Trinajstić information content (AvgIpc) is 3.06. The molecule has 240 valence electrons. The van der Waals surface area contributed by atoms with Gasteiger partial charge >= 0.3 is 0 Å². The highest BCUT2D eigenvalue weighted by molar-refractivity contribution is 7.90. The van der Waals surface area contributed by atoms with Gasteiger partial charge < -0.3 is 9.80 Å². The number of nitriles is 1. The molecule has 1 fully saturated rings. The van der Waals surface area contributed by atoms with Crippen LogP contribution < -0.4 is 0 Å². The molecule has 0 saturated carbocycles. The highest BCUT2D eigenvalue weighted by Crippen LogP contribution is 2.34. The van der Waals surface area contributed by atoms with Crippen LogP contribution >= 0.6 is 23.2 Å². The fourth-order valence-electron chi connectivity index (χ4n) is 6.80. The Morgan fingerprint density at radius 3 is 2.39 bits per heavy atom. The number of hydrogen-bond donors (Lipinski definition) is 0. The van der Waals surface area contributed by atoms with Crippen molar-refractivity contribution in [3.05, 3.63) is 111 Å². The Labute approximate surface area is 282 Å². The van der Waals surface area contributed by atoms with Gasteiger partial charge in [-0.05, 0) is 103 Å². The third kappa shape index (κ3) is 7.42. The second kappa shape index (κ2) is 14.6. The van der Waals surface area contributed by atoms with Gasteiger partial charge in [0.15, 0.2) is 9.84 Å². The second-order valence-corrected chi connectivity index (χ2v) is 15.0. The number of sulfone groups is 1. The molecule has 1 heterocycles. The van der Waals surface area contributed by atoms with Crippen molar-refractivity contribution in [1.29, 1.82) is 5.26 Å². The summed E-state index contributed by atoms with van der Waals surface area (Å²) in [6.07, 6.45) is 4.40. The number of nitrogens with zero attached hydrogens (tertiary/aromatic N) is 3. The van der Waals surface area contributed by atoms with Crippen LogP contribution in [-0.2, 0) is 16.3 Å². The predicted octanol–water partition coefficient (Wildman–Crippen LogP) is 8.11. The summed E-state index contributed by atoms with van der Waals surface area (Å²) >= 11 is 12.7. The largest absolute Gasteiger partial charge is 0.341 e. The zero-order chi connectivity index (χ0) is 33.0. The van der Waals surface area contributed by atoms with Crippen molar-refractivity contribution >= 4 is 49.7 Å². The molecule has 1 aliphatic rings. The summed E-state index contributed by atoms with van der Waals surface area (Å²) < 4.78 is 24.8. The maximum atomic E-state index is 14.2. The second-order valence-electron chi connectivity index (χ2n) is 12.2. The lowest BCUT2D eigenvalue weighted by molar-refractivity contribution is 0.0782. The number of carbonyl (C=O) groups is 1. The molecule has 1 amide bonds. The lowest BCUT2D eigenvalue weighted by atomic mass is 9.88. The van der Waals surface area contributed by atoms with Crippen LogP contribution in [0.15, 0.2) is 77.7 Å². The molecule has 0 aromatic heterocycles. The molecular weight excluding hydrogens is 637 g/mol. The van der Waals surface area contributed by atoms with Crippen LogP contribution in [0.25, 0.3) is 10.8 Å². The topological polar surface area (TPSA) is 81.5 Å². The van der Waals surface area contributed by atoms with Crippen LogP contribution in [0, 0.1) is 11.3 Å². The molecule has 4 aromatic rings.